The first-order chi connectivity index (χ1) is 11.6. The van der Waals surface area contributed by atoms with Gasteiger partial charge in [0.25, 0.3) is 0 Å². The van der Waals surface area contributed by atoms with E-state index in [1.54, 1.807) is 6.07 Å². The second kappa shape index (κ2) is 7.69. The highest BCUT2D eigenvalue weighted by Crippen LogP contribution is 2.29. The van der Waals surface area contributed by atoms with Crippen LogP contribution in [0.25, 0.3) is 0 Å². The summed E-state index contributed by atoms with van der Waals surface area (Å²) in [5.74, 6) is 0.474. The van der Waals surface area contributed by atoms with Crippen LogP contribution in [0.3, 0.4) is 0 Å². The Bertz CT molecular complexity index is 588. The molecule has 5 nitrogen and oxygen atoms in total. The third-order valence-electron chi connectivity index (χ3n) is 5.39. The maximum Gasteiger partial charge on any atom is 0.227 e. The number of rotatable bonds is 4. The molecule has 0 saturated heterocycles. The Morgan fingerprint density at radius 3 is 2.17 bits per heavy atom. The minimum Gasteiger partial charge on any atom is -0.397 e. The molecule has 2 aliphatic carbocycles. The molecule has 0 bridgehead atoms. The lowest BCUT2D eigenvalue weighted by Gasteiger charge is -2.29. The predicted octanol–water partition coefficient (Wildman–Crippen LogP) is 3.07. The summed E-state index contributed by atoms with van der Waals surface area (Å²) in [5, 5.41) is 6.12. The fourth-order valence-corrected chi connectivity index (χ4v) is 3.85. The summed E-state index contributed by atoms with van der Waals surface area (Å²) in [6, 6.07) is 7.54. The van der Waals surface area contributed by atoms with Gasteiger partial charge in [-0.1, -0.05) is 25.0 Å². The Hall–Kier alpha value is -2.04. The van der Waals surface area contributed by atoms with Crippen molar-refractivity contribution >= 4 is 23.2 Å². The van der Waals surface area contributed by atoms with Crippen molar-refractivity contribution in [2.75, 3.05) is 11.1 Å². The molecule has 0 heterocycles. The van der Waals surface area contributed by atoms with E-state index in [4.69, 9.17) is 5.73 Å². The van der Waals surface area contributed by atoms with Crippen molar-refractivity contribution < 1.29 is 9.59 Å². The van der Waals surface area contributed by atoms with Gasteiger partial charge >= 0.3 is 0 Å². The molecule has 1 aromatic rings. The standard InChI is InChI=1S/C19H27N3O2/c20-16-7-3-4-8-17(16)22-19(24)14-9-11-15(12-10-14)21-18(23)13-5-1-2-6-13/h3-4,7-8,13-15H,1-2,5-6,9-12,20H2,(H,21,23)(H,22,24). The Labute approximate surface area is 143 Å². The fourth-order valence-electron chi connectivity index (χ4n) is 3.85. The number of hydrogen-bond acceptors (Lipinski definition) is 3. The van der Waals surface area contributed by atoms with Gasteiger partial charge in [-0.15, -0.1) is 0 Å². The molecule has 1 aromatic carbocycles. The van der Waals surface area contributed by atoms with Crippen molar-refractivity contribution in [2.45, 2.75) is 57.4 Å². The monoisotopic (exact) mass is 329 g/mol. The van der Waals surface area contributed by atoms with Crippen LogP contribution >= 0.6 is 0 Å². The molecule has 0 atom stereocenters. The Morgan fingerprint density at radius 1 is 0.875 bits per heavy atom. The highest BCUT2D eigenvalue weighted by atomic mass is 16.2. The topological polar surface area (TPSA) is 84.2 Å². The number of benzene rings is 1. The van der Waals surface area contributed by atoms with Gasteiger partial charge in [-0.05, 0) is 50.7 Å². The molecular weight excluding hydrogens is 302 g/mol. The first kappa shape index (κ1) is 16.8. The van der Waals surface area contributed by atoms with Gasteiger partial charge in [0.1, 0.15) is 0 Å². The van der Waals surface area contributed by atoms with Gasteiger partial charge in [0.05, 0.1) is 11.4 Å². The van der Waals surface area contributed by atoms with Crippen molar-refractivity contribution in [1.29, 1.82) is 0 Å². The molecule has 4 N–H and O–H groups in total. The number of nitrogens with two attached hydrogens (primary N) is 1. The molecular formula is C19H27N3O2. The SMILES string of the molecule is Nc1ccccc1NC(=O)C1CCC(NC(=O)C2CCCC2)CC1. The summed E-state index contributed by atoms with van der Waals surface area (Å²) in [7, 11) is 0. The largest absolute Gasteiger partial charge is 0.397 e. The Kier molecular flexibility index (Phi) is 5.38. The molecule has 0 aliphatic heterocycles. The smallest absolute Gasteiger partial charge is 0.227 e. The molecule has 2 amide bonds. The molecule has 5 heteroatoms. The maximum absolute atomic E-state index is 12.4. The second-order valence-electron chi connectivity index (χ2n) is 7.12. The summed E-state index contributed by atoms with van der Waals surface area (Å²) in [4.78, 5) is 24.6. The molecule has 0 spiro atoms. The third-order valence-corrected chi connectivity index (χ3v) is 5.39. The number of nitrogen functional groups attached to an aromatic ring is 1. The van der Waals surface area contributed by atoms with Crippen LogP contribution in [0, 0.1) is 11.8 Å². The van der Waals surface area contributed by atoms with Crippen LogP contribution in [-0.4, -0.2) is 17.9 Å². The van der Waals surface area contributed by atoms with E-state index in [9.17, 15) is 9.59 Å². The van der Waals surface area contributed by atoms with E-state index in [2.05, 4.69) is 10.6 Å². The Balaban J connectivity index is 1.45. The fraction of sp³-hybridized carbons (Fsp3) is 0.579. The van der Waals surface area contributed by atoms with Crippen LogP contribution in [0.4, 0.5) is 11.4 Å². The van der Waals surface area contributed by atoms with E-state index < -0.39 is 0 Å². The molecule has 24 heavy (non-hydrogen) atoms. The van der Waals surface area contributed by atoms with Gasteiger partial charge in [0.2, 0.25) is 11.8 Å². The van der Waals surface area contributed by atoms with Crippen molar-refractivity contribution in [3.8, 4) is 0 Å². The zero-order valence-corrected chi connectivity index (χ0v) is 14.1. The normalized spacial score (nSPS) is 24.5. The summed E-state index contributed by atoms with van der Waals surface area (Å²) in [6.07, 6.45) is 7.79. The number of nitrogens with one attached hydrogen (secondary N) is 2. The molecule has 2 saturated carbocycles. The van der Waals surface area contributed by atoms with Gasteiger partial charge in [-0.2, -0.15) is 0 Å². The van der Waals surface area contributed by atoms with Crippen molar-refractivity contribution in [3.63, 3.8) is 0 Å². The van der Waals surface area contributed by atoms with Gasteiger partial charge in [-0.25, -0.2) is 0 Å². The molecule has 0 radical (unpaired) electrons. The first-order valence-electron chi connectivity index (χ1n) is 9.09. The van der Waals surface area contributed by atoms with Crippen molar-refractivity contribution in [2.24, 2.45) is 11.8 Å². The number of amides is 2. The number of para-hydroxylation sites is 2. The minimum absolute atomic E-state index is 0.00392. The van der Waals surface area contributed by atoms with Crippen molar-refractivity contribution in [1.82, 2.24) is 5.32 Å². The minimum atomic E-state index is 0.00392. The predicted molar refractivity (Wildman–Crippen MR) is 95.3 cm³/mol. The quantitative estimate of drug-likeness (QED) is 0.742. The van der Waals surface area contributed by atoms with Crippen LogP contribution in [0.2, 0.25) is 0 Å². The number of anilines is 2. The average Bonchev–Trinajstić information content (AvgIpc) is 3.12. The van der Waals surface area contributed by atoms with Crippen LogP contribution in [0.5, 0.6) is 0 Å². The van der Waals surface area contributed by atoms with E-state index in [0.717, 1.165) is 38.5 Å². The molecule has 3 rings (SSSR count). The number of hydrogen-bond donors (Lipinski definition) is 3. The summed E-state index contributed by atoms with van der Waals surface area (Å²) < 4.78 is 0. The van der Waals surface area contributed by atoms with Crippen LogP contribution < -0.4 is 16.4 Å². The van der Waals surface area contributed by atoms with Crippen LogP contribution in [0.1, 0.15) is 51.4 Å². The lowest BCUT2D eigenvalue weighted by atomic mass is 9.85. The highest BCUT2D eigenvalue weighted by molar-refractivity contribution is 5.95. The molecule has 0 aromatic heterocycles. The highest BCUT2D eigenvalue weighted by Gasteiger charge is 2.29. The molecule has 2 fully saturated rings. The van der Waals surface area contributed by atoms with Crippen LogP contribution in [0.15, 0.2) is 24.3 Å². The molecule has 130 valence electrons. The van der Waals surface area contributed by atoms with Gasteiger partial charge in [0.15, 0.2) is 0 Å². The van der Waals surface area contributed by atoms with Gasteiger partial charge in [0, 0.05) is 17.9 Å². The van der Waals surface area contributed by atoms with E-state index in [1.165, 1.54) is 12.8 Å². The third kappa shape index (κ3) is 4.08. The first-order valence-corrected chi connectivity index (χ1v) is 9.09. The maximum atomic E-state index is 12.4. The lowest BCUT2D eigenvalue weighted by molar-refractivity contribution is -0.125. The summed E-state index contributed by atoms with van der Waals surface area (Å²) in [5.41, 5.74) is 7.14. The van der Waals surface area contributed by atoms with E-state index in [0.29, 0.717) is 11.4 Å². The van der Waals surface area contributed by atoms with E-state index in [-0.39, 0.29) is 29.7 Å². The Morgan fingerprint density at radius 2 is 1.50 bits per heavy atom. The van der Waals surface area contributed by atoms with Gasteiger partial charge in [-0.3, -0.25) is 9.59 Å². The lowest BCUT2D eigenvalue weighted by Crippen LogP contribution is -2.41. The molecule has 0 unspecified atom stereocenters. The number of carbonyl (C=O) groups is 2. The summed E-state index contributed by atoms with van der Waals surface area (Å²) >= 11 is 0. The number of carbonyl (C=O) groups excluding carboxylic acids is 2. The van der Waals surface area contributed by atoms with Gasteiger partial charge < -0.3 is 16.4 Å². The van der Waals surface area contributed by atoms with E-state index in [1.807, 2.05) is 18.2 Å². The van der Waals surface area contributed by atoms with Crippen LogP contribution in [-0.2, 0) is 9.59 Å². The zero-order valence-electron chi connectivity index (χ0n) is 14.1. The van der Waals surface area contributed by atoms with Crippen molar-refractivity contribution in [3.05, 3.63) is 24.3 Å². The van der Waals surface area contributed by atoms with E-state index >= 15 is 0 Å². The summed E-state index contributed by atoms with van der Waals surface area (Å²) in [6.45, 7) is 0. The molecule has 2 aliphatic rings. The zero-order chi connectivity index (χ0) is 16.9. The average molecular weight is 329 g/mol. The second-order valence-corrected chi connectivity index (χ2v) is 7.12.